The Morgan fingerprint density at radius 1 is 1.41 bits per heavy atom. The van der Waals surface area contributed by atoms with Gasteiger partial charge in [0, 0.05) is 14.1 Å². The predicted molar refractivity (Wildman–Crippen MR) is 77.4 cm³/mol. The molecule has 1 heterocycles. The lowest BCUT2D eigenvalue weighted by atomic mass is 9.91. The van der Waals surface area contributed by atoms with Gasteiger partial charge < -0.3 is 10.2 Å². The second-order valence-corrected chi connectivity index (χ2v) is 5.43. The second-order valence-electron chi connectivity index (χ2n) is 5.43. The number of nitriles is 1. The first-order chi connectivity index (χ1) is 10.3. The van der Waals surface area contributed by atoms with Crippen LogP contribution in [0.2, 0.25) is 0 Å². The number of imide groups is 1. The van der Waals surface area contributed by atoms with Gasteiger partial charge in [0.05, 0.1) is 11.6 Å². The van der Waals surface area contributed by atoms with Crippen molar-refractivity contribution in [3.05, 3.63) is 35.4 Å². The summed E-state index contributed by atoms with van der Waals surface area (Å²) in [7, 11) is 3.10. The van der Waals surface area contributed by atoms with Crippen LogP contribution in [0.3, 0.4) is 0 Å². The van der Waals surface area contributed by atoms with Gasteiger partial charge in [0.25, 0.3) is 5.91 Å². The van der Waals surface area contributed by atoms with Crippen LogP contribution >= 0.6 is 0 Å². The Labute approximate surface area is 128 Å². The van der Waals surface area contributed by atoms with Gasteiger partial charge in [-0.1, -0.05) is 12.1 Å². The van der Waals surface area contributed by atoms with Crippen LogP contribution in [0.5, 0.6) is 0 Å². The van der Waals surface area contributed by atoms with Crippen LogP contribution in [-0.4, -0.2) is 48.3 Å². The Morgan fingerprint density at radius 2 is 2.09 bits per heavy atom. The number of carbonyl (C=O) groups is 3. The second kappa shape index (κ2) is 5.48. The summed E-state index contributed by atoms with van der Waals surface area (Å²) < 4.78 is 0. The maximum absolute atomic E-state index is 12.6. The molecule has 1 N–H and O–H groups in total. The fraction of sp³-hybridized carbons (Fsp3) is 0.333. The fourth-order valence-corrected chi connectivity index (χ4v) is 2.21. The van der Waals surface area contributed by atoms with Crippen molar-refractivity contribution in [2.45, 2.75) is 12.5 Å². The lowest BCUT2D eigenvalue weighted by molar-refractivity contribution is -0.137. The summed E-state index contributed by atoms with van der Waals surface area (Å²) in [5.74, 6) is -0.860. The molecule has 7 nitrogen and oxygen atoms in total. The number of nitrogens with zero attached hydrogens (tertiary/aromatic N) is 3. The summed E-state index contributed by atoms with van der Waals surface area (Å²) in [6.07, 6.45) is 0. The van der Waals surface area contributed by atoms with E-state index in [1.54, 1.807) is 45.3 Å². The van der Waals surface area contributed by atoms with E-state index in [-0.39, 0.29) is 12.5 Å². The minimum atomic E-state index is -1.28. The maximum atomic E-state index is 12.6. The Kier molecular flexibility index (Phi) is 3.87. The molecule has 0 radical (unpaired) electrons. The zero-order chi connectivity index (χ0) is 16.5. The van der Waals surface area contributed by atoms with E-state index in [0.29, 0.717) is 11.1 Å². The highest BCUT2D eigenvalue weighted by Crippen LogP contribution is 2.29. The lowest BCUT2D eigenvalue weighted by Crippen LogP contribution is -2.43. The molecule has 4 amide bonds. The molecule has 1 aromatic rings. The van der Waals surface area contributed by atoms with E-state index in [0.717, 1.165) is 4.90 Å². The molecule has 1 fully saturated rings. The van der Waals surface area contributed by atoms with Crippen molar-refractivity contribution in [1.29, 1.82) is 5.26 Å². The third kappa shape index (κ3) is 2.51. The van der Waals surface area contributed by atoms with Crippen LogP contribution in [0.1, 0.15) is 18.1 Å². The van der Waals surface area contributed by atoms with E-state index in [2.05, 4.69) is 5.32 Å². The van der Waals surface area contributed by atoms with E-state index >= 15 is 0 Å². The minimum Gasteiger partial charge on any atom is -0.347 e. The largest absolute Gasteiger partial charge is 0.347 e. The Hall–Kier alpha value is -2.88. The average molecular weight is 300 g/mol. The third-order valence-corrected chi connectivity index (χ3v) is 3.64. The summed E-state index contributed by atoms with van der Waals surface area (Å²) in [4.78, 5) is 38.6. The van der Waals surface area contributed by atoms with Gasteiger partial charge in [-0.3, -0.25) is 14.5 Å². The molecule has 1 saturated heterocycles. The van der Waals surface area contributed by atoms with Gasteiger partial charge in [-0.2, -0.15) is 5.26 Å². The third-order valence-electron chi connectivity index (χ3n) is 3.64. The van der Waals surface area contributed by atoms with E-state index in [1.165, 1.54) is 4.90 Å². The molecule has 0 bridgehead atoms. The summed E-state index contributed by atoms with van der Waals surface area (Å²) in [6, 6.07) is 7.85. The first kappa shape index (κ1) is 15.5. The van der Waals surface area contributed by atoms with Crippen molar-refractivity contribution in [3.63, 3.8) is 0 Å². The van der Waals surface area contributed by atoms with Crippen molar-refractivity contribution in [2.75, 3.05) is 20.6 Å². The van der Waals surface area contributed by atoms with Gasteiger partial charge in [0.1, 0.15) is 12.1 Å². The van der Waals surface area contributed by atoms with Crippen molar-refractivity contribution < 1.29 is 14.4 Å². The predicted octanol–water partition coefficient (Wildman–Crippen LogP) is 0.413. The highest BCUT2D eigenvalue weighted by Gasteiger charge is 2.49. The Balaban J connectivity index is 2.33. The monoisotopic (exact) mass is 300 g/mol. The van der Waals surface area contributed by atoms with Crippen molar-refractivity contribution in [1.82, 2.24) is 15.1 Å². The number of carbonyl (C=O) groups excluding carboxylic acids is 3. The molecular weight excluding hydrogens is 284 g/mol. The molecular formula is C15H16N4O3. The number of amides is 4. The zero-order valence-corrected chi connectivity index (χ0v) is 12.6. The van der Waals surface area contributed by atoms with Crippen LogP contribution < -0.4 is 5.32 Å². The normalized spacial score (nSPS) is 20.5. The molecule has 1 aliphatic heterocycles. The Bertz CT molecular complexity index is 692. The Morgan fingerprint density at radius 3 is 2.68 bits per heavy atom. The zero-order valence-electron chi connectivity index (χ0n) is 12.6. The number of hydrogen-bond acceptors (Lipinski definition) is 4. The molecule has 0 saturated carbocycles. The molecule has 0 spiro atoms. The molecule has 1 aliphatic rings. The molecule has 1 aromatic carbocycles. The number of hydrogen-bond donors (Lipinski definition) is 1. The standard InChI is InChI=1S/C15H16N4O3/c1-15(11-6-4-5-10(7-11)8-16)13(21)19(14(22)17-15)9-12(20)18(2)3/h4-7H,9H2,1-3H3,(H,17,22)/t15-/m1/s1. The first-order valence-corrected chi connectivity index (χ1v) is 6.64. The van der Waals surface area contributed by atoms with Gasteiger partial charge in [-0.25, -0.2) is 4.79 Å². The van der Waals surface area contributed by atoms with Gasteiger partial charge in [-0.05, 0) is 24.6 Å². The van der Waals surface area contributed by atoms with E-state index < -0.39 is 17.5 Å². The molecule has 0 aliphatic carbocycles. The molecule has 114 valence electrons. The molecule has 22 heavy (non-hydrogen) atoms. The molecule has 7 heteroatoms. The quantitative estimate of drug-likeness (QED) is 0.818. The summed E-state index contributed by atoms with van der Waals surface area (Å²) in [6.45, 7) is 1.25. The molecule has 0 unspecified atom stereocenters. The van der Waals surface area contributed by atoms with Gasteiger partial charge in [0.15, 0.2) is 0 Å². The SMILES string of the molecule is CN(C)C(=O)CN1C(=O)N[C@](C)(c2cccc(C#N)c2)C1=O. The van der Waals surface area contributed by atoms with E-state index in [1.807, 2.05) is 6.07 Å². The lowest BCUT2D eigenvalue weighted by Gasteiger charge is -2.22. The number of urea groups is 1. The van der Waals surface area contributed by atoms with Crippen molar-refractivity contribution in [2.24, 2.45) is 0 Å². The van der Waals surface area contributed by atoms with Gasteiger partial charge in [0.2, 0.25) is 5.91 Å². The van der Waals surface area contributed by atoms with Crippen molar-refractivity contribution >= 4 is 17.8 Å². The van der Waals surface area contributed by atoms with Gasteiger partial charge in [-0.15, -0.1) is 0 Å². The number of nitrogens with one attached hydrogen (secondary N) is 1. The summed E-state index contributed by atoms with van der Waals surface area (Å²) in [5.41, 5.74) is -0.385. The number of benzene rings is 1. The van der Waals surface area contributed by atoms with Crippen molar-refractivity contribution in [3.8, 4) is 6.07 Å². The maximum Gasteiger partial charge on any atom is 0.325 e. The van der Waals surface area contributed by atoms with Crippen LogP contribution in [0, 0.1) is 11.3 Å². The first-order valence-electron chi connectivity index (χ1n) is 6.64. The summed E-state index contributed by atoms with van der Waals surface area (Å²) >= 11 is 0. The number of rotatable bonds is 3. The highest BCUT2D eigenvalue weighted by atomic mass is 16.2. The van der Waals surface area contributed by atoms with Crippen LogP contribution in [0.25, 0.3) is 0 Å². The summed E-state index contributed by atoms with van der Waals surface area (Å²) in [5, 5.41) is 11.6. The molecule has 0 aromatic heterocycles. The number of likely N-dealkylation sites (N-methyl/N-ethyl adjacent to an activating group) is 1. The topological polar surface area (TPSA) is 93.5 Å². The average Bonchev–Trinajstić information content (AvgIpc) is 2.71. The van der Waals surface area contributed by atoms with Crippen LogP contribution in [-0.2, 0) is 15.1 Å². The van der Waals surface area contributed by atoms with E-state index in [4.69, 9.17) is 5.26 Å². The molecule has 2 rings (SSSR count). The minimum absolute atomic E-state index is 0.314. The fourth-order valence-electron chi connectivity index (χ4n) is 2.21. The highest BCUT2D eigenvalue weighted by molar-refractivity contribution is 6.09. The smallest absolute Gasteiger partial charge is 0.325 e. The molecule has 1 atom stereocenters. The van der Waals surface area contributed by atoms with Gasteiger partial charge >= 0.3 is 6.03 Å². The van der Waals surface area contributed by atoms with Crippen LogP contribution in [0.4, 0.5) is 4.79 Å². The van der Waals surface area contributed by atoms with E-state index in [9.17, 15) is 14.4 Å². The van der Waals surface area contributed by atoms with Crippen LogP contribution in [0.15, 0.2) is 24.3 Å².